The molecule has 5 heteroatoms. The SMILES string of the molecule is CCC(CC)NC(=O)C(C)OCC1CNCC(C)O1. The Morgan fingerprint density at radius 3 is 2.68 bits per heavy atom. The van der Waals surface area contributed by atoms with Crippen LogP contribution in [-0.4, -0.2) is 50.0 Å². The molecule has 0 spiro atoms. The van der Waals surface area contributed by atoms with Crippen LogP contribution in [0.15, 0.2) is 0 Å². The standard InChI is InChI=1S/C14H28N2O3/c1-5-12(6-2)16-14(17)11(4)18-9-13-8-15-7-10(3)19-13/h10-13,15H,5-9H2,1-4H3,(H,16,17). The van der Waals surface area contributed by atoms with Gasteiger partial charge in [-0.25, -0.2) is 0 Å². The van der Waals surface area contributed by atoms with E-state index in [-0.39, 0.29) is 24.2 Å². The Labute approximate surface area is 116 Å². The molecule has 1 aliphatic heterocycles. The van der Waals surface area contributed by atoms with Gasteiger partial charge in [0.2, 0.25) is 5.91 Å². The Morgan fingerprint density at radius 1 is 1.42 bits per heavy atom. The highest BCUT2D eigenvalue weighted by Gasteiger charge is 2.22. The lowest BCUT2D eigenvalue weighted by atomic mass is 10.1. The second kappa shape index (κ2) is 8.51. The van der Waals surface area contributed by atoms with Crippen LogP contribution in [0.3, 0.4) is 0 Å². The van der Waals surface area contributed by atoms with Crippen LogP contribution in [0, 0.1) is 0 Å². The largest absolute Gasteiger partial charge is 0.370 e. The minimum atomic E-state index is -0.429. The second-order valence-electron chi connectivity index (χ2n) is 5.22. The van der Waals surface area contributed by atoms with Gasteiger partial charge in [-0.3, -0.25) is 4.79 Å². The minimum Gasteiger partial charge on any atom is -0.370 e. The van der Waals surface area contributed by atoms with Crippen LogP contribution in [0.2, 0.25) is 0 Å². The monoisotopic (exact) mass is 272 g/mol. The molecule has 0 aromatic heterocycles. The summed E-state index contributed by atoms with van der Waals surface area (Å²) in [6.45, 7) is 10.1. The summed E-state index contributed by atoms with van der Waals surface area (Å²) in [4.78, 5) is 11.9. The van der Waals surface area contributed by atoms with Crippen LogP contribution in [0.4, 0.5) is 0 Å². The molecule has 0 bridgehead atoms. The lowest BCUT2D eigenvalue weighted by Gasteiger charge is -2.29. The summed E-state index contributed by atoms with van der Waals surface area (Å²) in [5.74, 6) is -0.0366. The maximum absolute atomic E-state index is 11.9. The molecule has 0 radical (unpaired) electrons. The molecule has 1 rings (SSSR count). The van der Waals surface area contributed by atoms with Crippen molar-refractivity contribution in [2.24, 2.45) is 0 Å². The Hall–Kier alpha value is -0.650. The van der Waals surface area contributed by atoms with Crippen molar-refractivity contribution in [3.8, 4) is 0 Å². The molecule has 5 nitrogen and oxygen atoms in total. The second-order valence-corrected chi connectivity index (χ2v) is 5.22. The van der Waals surface area contributed by atoms with E-state index < -0.39 is 6.10 Å². The van der Waals surface area contributed by atoms with Gasteiger partial charge in [0.15, 0.2) is 0 Å². The van der Waals surface area contributed by atoms with Crippen LogP contribution in [0.1, 0.15) is 40.5 Å². The van der Waals surface area contributed by atoms with E-state index in [1.165, 1.54) is 0 Å². The number of nitrogens with one attached hydrogen (secondary N) is 2. The maximum Gasteiger partial charge on any atom is 0.249 e. The average Bonchev–Trinajstić information content (AvgIpc) is 2.41. The predicted octanol–water partition coefficient (Wildman–Crippen LogP) is 1.07. The highest BCUT2D eigenvalue weighted by atomic mass is 16.5. The van der Waals surface area contributed by atoms with Crippen molar-refractivity contribution in [2.75, 3.05) is 19.7 Å². The van der Waals surface area contributed by atoms with Gasteiger partial charge in [-0.05, 0) is 26.7 Å². The third kappa shape index (κ3) is 5.89. The summed E-state index contributed by atoms with van der Waals surface area (Å²) in [5, 5.41) is 6.27. The molecule has 3 atom stereocenters. The first-order valence-electron chi connectivity index (χ1n) is 7.34. The summed E-state index contributed by atoms with van der Waals surface area (Å²) in [5.41, 5.74) is 0. The molecule has 3 unspecified atom stereocenters. The topological polar surface area (TPSA) is 59.6 Å². The van der Waals surface area contributed by atoms with Crippen molar-refractivity contribution in [3.05, 3.63) is 0 Å². The lowest BCUT2D eigenvalue weighted by molar-refractivity contribution is -0.137. The van der Waals surface area contributed by atoms with Gasteiger partial charge in [-0.2, -0.15) is 0 Å². The van der Waals surface area contributed by atoms with E-state index in [0.29, 0.717) is 6.61 Å². The highest BCUT2D eigenvalue weighted by molar-refractivity contribution is 5.80. The van der Waals surface area contributed by atoms with E-state index in [1.54, 1.807) is 6.92 Å². The first-order valence-corrected chi connectivity index (χ1v) is 7.34. The summed E-state index contributed by atoms with van der Waals surface area (Å²) in [6.07, 6.45) is 1.70. The van der Waals surface area contributed by atoms with Crippen molar-refractivity contribution in [3.63, 3.8) is 0 Å². The lowest BCUT2D eigenvalue weighted by Crippen LogP contribution is -2.47. The molecule has 1 aliphatic rings. The van der Waals surface area contributed by atoms with Crippen molar-refractivity contribution < 1.29 is 14.3 Å². The van der Waals surface area contributed by atoms with E-state index in [0.717, 1.165) is 25.9 Å². The van der Waals surface area contributed by atoms with Gasteiger partial charge in [-0.1, -0.05) is 13.8 Å². The maximum atomic E-state index is 11.9. The van der Waals surface area contributed by atoms with Gasteiger partial charge in [0.1, 0.15) is 6.10 Å². The molecule has 0 aromatic rings. The molecule has 0 saturated carbocycles. The first kappa shape index (κ1) is 16.4. The molecule has 1 amide bonds. The quantitative estimate of drug-likeness (QED) is 0.728. The normalized spacial score (nSPS) is 25.3. The predicted molar refractivity (Wildman–Crippen MR) is 75.1 cm³/mol. The number of hydrogen-bond acceptors (Lipinski definition) is 4. The molecule has 0 aliphatic carbocycles. The summed E-state index contributed by atoms with van der Waals surface area (Å²) < 4.78 is 11.3. The number of morpholine rings is 1. The molecule has 112 valence electrons. The van der Waals surface area contributed by atoms with E-state index in [1.807, 2.05) is 6.92 Å². The average molecular weight is 272 g/mol. The van der Waals surface area contributed by atoms with Crippen LogP contribution < -0.4 is 10.6 Å². The molecule has 19 heavy (non-hydrogen) atoms. The van der Waals surface area contributed by atoms with Gasteiger partial charge < -0.3 is 20.1 Å². The highest BCUT2D eigenvalue weighted by Crippen LogP contribution is 2.05. The number of amides is 1. The van der Waals surface area contributed by atoms with Gasteiger partial charge in [-0.15, -0.1) is 0 Å². The van der Waals surface area contributed by atoms with Crippen molar-refractivity contribution in [1.82, 2.24) is 10.6 Å². The summed E-state index contributed by atoms with van der Waals surface area (Å²) in [6, 6.07) is 0.242. The zero-order chi connectivity index (χ0) is 14.3. The fourth-order valence-electron chi connectivity index (χ4n) is 2.11. The minimum absolute atomic E-state index is 0.0344. The van der Waals surface area contributed by atoms with Gasteiger partial charge in [0, 0.05) is 19.1 Å². The third-order valence-corrected chi connectivity index (χ3v) is 3.46. The molecule has 0 aromatic carbocycles. The Bertz CT molecular complexity index is 269. The number of rotatable bonds is 7. The smallest absolute Gasteiger partial charge is 0.249 e. The van der Waals surface area contributed by atoms with Crippen molar-refractivity contribution >= 4 is 5.91 Å². The first-order chi connectivity index (χ1) is 9.06. The van der Waals surface area contributed by atoms with Crippen LogP contribution in [0.5, 0.6) is 0 Å². The van der Waals surface area contributed by atoms with Gasteiger partial charge >= 0.3 is 0 Å². The molecule has 1 heterocycles. The Kier molecular flexibility index (Phi) is 7.34. The van der Waals surface area contributed by atoms with E-state index in [4.69, 9.17) is 9.47 Å². The number of hydrogen-bond donors (Lipinski definition) is 2. The Morgan fingerprint density at radius 2 is 2.11 bits per heavy atom. The zero-order valence-corrected chi connectivity index (χ0v) is 12.6. The fraction of sp³-hybridized carbons (Fsp3) is 0.929. The number of carbonyl (C=O) groups excluding carboxylic acids is 1. The van der Waals surface area contributed by atoms with Crippen LogP contribution in [-0.2, 0) is 14.3 Å². The summed E-state index contributed by atoms with van der Waals surface area (Å²) in [7, 11) is 0. The number of carbonyl (C=O) groups is 1. The van der Waals surface area contributed by atoms with Gasteiger partial charge in [0.25, 0.3) is 0 Å². The van der Waals surface area contributed by atoms with E-state index >= 15 is 0 Å². The molecule has 2 N–H and O–H groups in total. The van der Waals surface area contributed by atoms with Gasteiger partial charge in [0.05, 0.1) is 18.8 Å². The molecule has 1 fully saturated rings. The number of ether oxygens (including phenoxy) is 2. The van der Waals surface area contributed by atoms with Crippen molar-refractivity contribution in [1.29, 1.82) is 0 Å². The van der Waals surface area contributed by atoms with E-state index in [2.05, 4.69) is 24.5 Å². The van der Waals surface area contributed by atoms with Crippen LogP contribution >= 0.6 is 0 Å². The molecule has 1 saturated heterocycles. The molecular formula is C14H28N2O3. The molecular weight excluding hydrogens is 244 g/mol. The van der Waals surface area contributed by atoms with Crippen molar-refractivity contribution in [2.45, 2.75) is 64.9 Å². The van der Waals surface area contributed by atoms with E-state index in [9.17, 15) is 4.79 Å². The fourth-order valence-corrected chi connectivity index (χ4v) is 2.11. The third-order valence-electron chi connectivity index (χ3n) is 3.46. The summed E-state index contributed by atoms with van der Waals surface area (Å²) >= 11 is 0. The van der Waals surface area contributed by atoms with Crippen LogP contribution in [0.25, 0.3) is 0 Å². The Balaban J connectivity index is 2.25. The zero-order valence-electron chi connectivity index (χ0n) is 12.6.